The van der Waals surface area contributed by atoms with E-state index in [9.17, 15) is 0 Å². The Balaban J connectivity index is 2.37. The number of hydrogen-bond donors (Lipinski definition) is 1. The summed E-state index contributed by atoms with van der Waals surface area (Å²) in [6, 6.07) is 5.08. The maximum atomic E-state index is 6.33. The zero-order valence-corrected chi connectivity index (χ0v) is 13.9. The number of rotatable bonds is 5. The number of methoxy groups -OCH3 is 1. The highest BCUT2D eigenvalue weighted by atomic mass is 79.9. The summed E-state index contributed by atoms with van der Waals surface area (Å²) >= 11 is 15.6. The first-order valence-electron chi connectivity index (χ1n) is 5.95. The molecule has 0 bridgehead atoms. The lowest BCUT2D eigenvalue weighted by molar-refractivity contribution is 0.182. The van der Waals surface area contributed by atoms with Crippen molar-refractivity contribution in [3.63, 3.8) is 0 Å². The molecule has 0 aliphatic heterocycles. The molecule has 1 aromatic heterocycles. The summed E-state index contributed by atoms with van der Waals surface area (Å²) in [5.74, 6) is 0. The van der Waals surface area contributed by atoms with Crippen LogP contribution in [0.4, 0.5) is 0 Å². The van der Waals surface area contributed by atoms with Gasteiger partial charge in [0.15, 0.2) is 0 Å². The van der Waals surface area contributed by atoms with Crippen molar-refractivity contribution in [2.75, 3.05) is 13.7 Å². The third-order valence-corrected chi connectivity index (χ3v) is 4.15. The smallest absolute Gasteiger partial charge is 0.0837 e. The summed E-state index contributed by atoms with van der Waals surface area (Å²) in [5, 5.41) is 5.41. The van der Waals surface area contributed by atoms with Crippen LogP contribution >= 0.6 is 39.1 Å². The van der Waals surface area contributed by atoms with E-state index in [1.54, 1.807) is 30.1 Å². The van der Waals surface area contributed by atoms with Crippen LogP contribution in [0.25, 0.3) is 0 Å². The van der Waals surface area contributed by atoms with E-state index in [-0.39, 0.29) is 0 Å². The van der Waals surface area contributed by atoms with Crippen molar-refractivity contribution >= 4 is 39.1 Å². The van der Waals surface area contributed by atoms with Gasteiger partial charge in [-0.2, -0.15) is 5.10 Å². The van der Waals surface area contributed by atoms with Crippen LogP contribution in [0, 0.1) is 0 Å². The maximum Gasteiger partial charge on any atom is 0.0837 e. The number of ether oxygens (including phenoxy) is 1. The van der Waals surface area contributed by atoms with E-state index >= 15 is 0 Å². The average molecular weight is 379 g/mol. The number of aromatic nitrogens is 2. The van der Waals surface area contributed by atoms with Crippen molar-refractivity contribution in [2.24, 2.45) is 5.73 Å². The fraction of sp³-hybridized carbons (Fsp3) is 0.308. The van der Waals surface area contributed by atoms with Gasteiger partial charge in [-0.25, -0.2) is 0 Å². The molecule has 2 N–H and O–H groups in total. The van der Waals surface area contributed by atoms with Gasteiger partial charge >= 0.3 is 0 Å². The molecule has 0 fully saturated rings. The van der Waals surface area contributed by atoms with E-state index in [2.05, 4.69) is 21.0 Å². The molecule has 1 aromatic carbocycles. The minimum absolute atomic E-state index is 0.395. The zero-order chi connectivity index (χ0) is 14.7. The first kappa shape index (κ1) is 15.8. The molecule has 7 heteroatoms. The van der Waals surface area contributed by atoms with Crippen molar-refractivity contribution in [1.82, 2.24) is 9.78 Å². The molecule has 108 valence electrons. The minimum Gasteiger partial charge on any atom is -0.383 e. The molecule has 0 saturated carbocycles. The van der Waals surface area contributed by atoms with E-state index in [0.29, 0.717) is 23.2 Å². The second-order valence-electron chi connectivity index (χ2n) is 4.24. The topological polar surface area (TPSA) is 53.1 Å². The van der Waals surface area contributed by atoms with E-state index in [4.69, 9.17) is 33.7 Å². The molecule has 1 unspecified atom stereocenters. The number of benzene rings is 1. The quantitative estimate of drug-likeness (QED) is 0.863. The van der Waals surface area contributed by atoms with Crippen LogP contribution < -0.4 is 5.73 Å². The normalized spacial score (nSPS) is 12.7. The molecule has 0 saturated heterocycles. The highest BCUT2D eigenvalue weighted by Crippen LogP contribution is 2.32. The summed E-state index contributed by atoms with van der Waals surface area (Å²) in [5.41, 5.74) is 7.98. The van der Waals surface area contributed by atoms with Crippen LogP contribution in [0.5, 0.6) is 0 Å². The Morgan fingerprint density at radius 3 is 2.85 bits per heavy atom. The Morgan fingerprint density at radius 2 is 2.20 bits per heavy atom. The second-order valence-corrected chi connectivity index (χ2v) is 5.94. The Morgan fingerprint density at radius 1 is 1.45 bits per heavy atom. The number of nitrogens with zero attached hydrogens (tertiary/aromatic N) is 2. The average Bonchev–Trinajstić information content (AvgIpc) is 2.77. The Hall–Kier alpha value is -0.590. The number of nitrogens with two attached hydrogens (primary N) is 1. The fourth-order valence-corrected chi connectivity index (χ4v) is 3.13. The van der Waals surface area contributed by atoms with E-state index in [1.807, 2.05) is 6.07 Å². The summed E-state index contributed by atoms with van der Waals surface area (Å²) < 4.78 is 7.67. The molecule has 20 heavy (non-hydrogen) atoms. The molecule has 0 aliphatic carbocycles. The molecule has 2 rings (SSSR count). The number of hydrogen-bond acceptors (Lipinski definition) is 3. The van der Waals surface area contributed by atoms with Gasteiger partial charge in [0.2, 0.25) is 0 Å². The van der Waals surface area contributed by atoms with Gasteiger partial charge in [0.05, 0.1) is 36.1 Å². The zero-order valence-electron chi connectivity index (χ0n) is 10.8. The van der Waals surface area contributed by atoms with Crippen LogP contribution in [-0.2, 0) is 11.3 Å². The third-order valence-electron chi connectivity index (χ3n) is 2.93. The maximum absolute atomic E-state index is 6.33. The summed E-state index contributed by atoms with van der Waals surface area (Å²) in [6.45, 7) is 1.14. The first-order chi connectivity index (χ1) is 9.54. The first-order valence-corrected chi connectivity index (χ1v) is 7.50. The minimum atomic E-state index is -0.395. The number of halogens is 3. The summed E-state index contributed by atoms with van der Waals surface area (Å²) in [6.07, 6.45) is 1.59. The molecule has 0 radical (unpaired) electrons. The summed E-state index contributed by atoms with van der Waals surface area (Å²) in [4.78, 5) is 0. The highest BCUT2D eigenvalue weighted by molar-refractivity contribution is 9.10. The van der Waals surface area contributed by atoms with Crippen molar-refractivity contribution in [3.05, 3.63) is 50.2 Å². The van der Waals surface area contributed by atoms with E-state index in [1.165, 1.54) is 0 Å². The van der Waals surface area contributed by atoms with E-state index < -0.39 is 6.04 Å². The Kier molecular flexibility index (Phi) is 5.46. The molecule has 4 nitrogen and oxygen atoms in total. The standard InChI is InChI=1S/C13H14BrCl2N3O/c1-20-5-4-19-13(11(16)7-18-19)12(17)9-3-2-8(15)6-10(9)14/h2-3,6-7,12H,4-5,17H2,1H3. The van der Waals surface area contributed by atoms with Crippen molar-refractivity contribution in [1.29, 1.82) is 0 Å². The second kappa shape index (κ2) is 6.91. The van der Waals surface area contributed by atoms with Crippen LogP contribution in [0.3, 0.4) is 0 Å². The highest BCUT2D eigenvalue weighted by Gasteiger charge is 2.20. The lowest BCUT2D eigenvalue weighted by Gasteiger charge is -2.17. The monoisotopic (exact) mass is 377 g/mol. The van der Waals surface area contributed by atoms with Crippen LogP contribution in [0.1, 0.15) is 17.3 Å². The Bertz CT molecular complexity index is 603. The molecular formula is C13H14BrCl2N3O. The molecule has 0 amide bonds. The summed E-state index contributed by atoms with van der Waals surface area (Å²) in [7, 11) is 1.64. The van der Waals surface area contributed by atoms with Gasteiger partial charge in [-0.3, -0.25) is 4.68 Å². The van der Waals surface area contributed by atoms with Crippen molar-refractivity contribution in [2.45, 2.75) is 12.6 Å². The largest absolute Gasteiger partial charge is 0.383 e. The van der Waals surface area contributed by atoms with Crippen LogP contribution in [0.2, 0.25) is 10.0 Å². The van der Waals surface area contributed by atoms with Gasteiger partial charge in [0.25, 0.3) is 0 Å². The van der Waals surface area contributed by atoms with Crippen molar-refractivity contribution < 1.29 is 4.74 Å². The molecule has 1 atom stereocenters. The lowest BCUT2D eigenvalue weighted by Crippen LogP contribution is -2.19. The van der Waals surface area contributed by atoms with E-state index in [0.717, 1.165) is 15.7 Å². The fourth-order valence-electron chi connectivity index (χ4n) is 1.94. The van der Waals surface area contributed by atoms with Gasteiger partial charge < -0.3 is 10.5 Å². The van der Waals surface area contributed by atoms with Gasteiger partial charge in [-0.15, -0.1) is 0 Å². The Labute approximate surface area is 135 Å². The molecule has 0 aliphatic rings. The predicted molar refractivity (Wildman–Crippen MR) is 84.3 cm³/mol. The molecule has 1 heterocycles. The third kappa shape index (κ3) is 3.35. The van der Waals surface area contributed by atoms with Gasteiger partial charge in [0.1, 0.15) is 0 Å². The predicted octanol–water partition coefficient (Wildman–Crippen LogP) is 3.65. The molecule has 0 spiro atoms. The lowest BCUT2D eigenvalue weighted by atomic mass is 10.0. The van der Waals surface area contributed by atoms with Gasteiger partial charge in [-0.05, 0) is 17.7 Å². The van der Waals surface area contributed by atoms with Gasteiger partial charge in [0, 0.05) is 16.6 Å². The van der Waals surface area contributed by atoms with Crippen molar-refractivity contribution in [3.8, 4) is 0 Å². The molecular weight excluding hydrogens is 365 g/mol. The van der Waals surface area contributed by atoms with Crippen LogP contribution in [-0.4, -0.2) is 23.5 Å². The SMILES string of the molecule is COCCn1ncc(Cl)c1C(N)c1ccc(Cl)cc1Br. The van der Waals surface area contributed by atoms with Gasteiger partial charge in [-0.1, -0.05) is 45.2 Å². The van der Waals surface area contributed by atoms with Crippen LogP contribution in [0.15, 0.2) is 28.9 Å². The molecule has 2 aromatic rings.